The second-order valence-corrected chi connectivity index (χ2v) is 6.16. The smallest absolute Gasteiger partial charge is 0.251 e. The lowest BCUT2D eigenvalue weighted by atomic mass is 10.0. The van der Waals surface area contributed by atoms with E-state index >= 15 is 0 Å². The molecule has 3 N–H and O–H groups in total. The standard InChI is InChI=1S/C18H20ClNO3/c1-11(2)16(10-21)20-18(23)13-5-3-12(4-6-13)14-7-8-17(22)15(19)9-14/h3-9,11,16,21-22H,10H2,1-2H3,(H,20,23)/t16-/m0/s1. The minimum atomic E-state index is -0.266. The fourth-order valence-corrected chi connectivity index (χ4v) is 2.36. The van der Waals surface area contributed by atoms with Crippen LogP contribution < -0.4 is 5.32 Å². The van der Waals surface area contributed by atoms with Gasteiger partial charge in [-0.2, -0.15) is 0 Å². The lowest BCUT2D eigenvalue weighted by Crippen LogP contribution is -2.41. The van der Waals surface area contributed by atoms with Gasteiger partial charge in [0.15, 0.2) is 0 Å². The summed E-state index contributed by atoms with van der Waals surface area (Å²) in [6.07, 6.45) is 0. The predicted octanol–water partition coefficient (Wildman–Crippen LogP) is 3.46. The van der Waals surface area contributed by atoms with E-state index in [1.165, 1.54) is 6.07 Å². The number of halogens is 1. The van der Waals surface area contributed by atoms with Gasteiger partial charge >= 0.3 is 0 Å². The Morgan fingerprint density at radius 3 is 2.26 bits per heavy atom. The van der Waals surface area contributed by atoms with Crippen LogP contribution >= 0.6 is 11.6 Å². The first kappa shape index (κ1) is 17.3. The average Bonchev–Trinajstić information content (AvgIpc) is 2.54. The van der Waals surface area contributed by atoms with Crippen LogP contribution in [0.1, 0.15) is 24.2 Å². The Kier molecular flexibility index (Phi) is 5.64. The number of carbonyl (C=O) groups is 1. The van der Waals surface area contributed by atoms with Gasteiger partial charge in [0, 0.05) is 5.56 Å². The number of phenols is 1. The second kappa shape index (κ2) is 7.49. The summed E-state index contributed by atoms with van der Waals surface area (Å²) < 4.78 is 0. The van der Waals surface area contributed by atoms with Crippen LogP contribution in [0.5, 0.6) is 5.75 Å². The molecule has 5 heteroatoms. The summed E-state index contributed by atoms with van der Waals surface area (Å²) in [5, 5.41) is 21.8. The number of aromatic hydroxyl groups is 1. The van der Waals surface area contributed by atoms with E-state index in [-0.39, 0.29) is 35.2 Å². The van der Waals surface area contributed by atoms with Crippen molar-refractivity contribution >= 4 is 17.5 Å². The van der Waals surface area contributed by atoms with Gasteiger partial charge in [-0.05, 0) is 41.3 Å². The maximum atomic E-state index is 12.2. The van der Waals surface area contributed by atoms with E-state index < -0.39 is 0 Å². The third-order valence-electron chi connectivity index (χ3n) is 3.75. The highest BCUT2D eigenvalue weighted by Crippen LogP contribution is 2.29. The SMILES string of the molecule is CC(C)[C@H](CO)NC(=O)c1ccc(-c2ccc(O)c(Cl)c2)cc1. The molecule has 1 atom stereocenters. The number of rotatable bonds is 5. The molecule has 0 aliphatic carbocycles. The van der Waals surface area contributed by atoms with Crippen LogP contribution in [-0.4, -0.2) is 28.8 Å². The number of amides is 1. The van der Waals surface area contributed by atoms with Gasteiger partial charge in [0.05, 0.1) is 17.7 Å². The van der Waals surface area contributed by atoms with Crippen molar-refractivity contribution in [2.45, 2.75) is 19.9 Å². The van der Waals surface area contributed by atoms with Gasteiger partial charge in [-0.25, -0.2) is 0 Å². The molecule has 2 aromatic rings. The Labute approximate surface area is 140 Å². The molecule has 0 saturated heterocycles. The molecule has 0 aliphatic rings. The average molecular weight is 334 g/mol. The van der Waals surface area contributed by atoms with E-state index in [4.69, 9.17) is 11.6 Å². The number of aliphatic hydroxyl groups excluding tert-OH is 1. The highest BCUT2D eigenvalue weighted by atomic mass is 35.5. The summed E-state index contributed by atoms with van der Waals surface area (Å²) in [6, 6.07) is 11.8. The molecule has 0 heterocycles. The Morgan fingerprint density at radius 1 is 1.13 bits per heavy atom. The molecule has 122 valence electrons. The summed E-state index contributed by atoms with van der Waals surface area (Å²) >= 11 is 5.91. The fraction of sp³-hybridized carbons (Fsp3) is 0.278. The summed E-state index contributed by atoms with van der Waals surface area (Å²) in [7, 11) is 0. The van der Waals surface area contributed by atoms with Crippen molar-refractivity contribution in [1.29, 1.82) is 0 Å². The van der Waals surface area contributed by atoms with Crippen LogP contribution in [-0.2, 0) is 0 Å². The molecular formula is C18H20ClNO3. The summed E-state index contributed by atoms with van der Waals surface area (Å²) in [4.78, 5) is 12.2. The van der Waals surface area contributed by atoms with E-state index in [2.05, 4.69) is 5.32 Å². The molecule has 0 saturated carbocycles. The molecule has 2 aromatic carbocycles. The Hall–Kier alpha value is -2.04. The molecule has 4 nitrogen and oxygen atoms in total. The number of aliphatic hydroxyl groups is 1. The van der Waals surface area contributed by atoms with Crippen LogP contribution in [0.25, 0.3) is 11.1 Å². The second-order valence-electron chi connectivity index (χ2n) is 5.75. The van der Waals surface area contributed by atoms with E-state index in [0.717, 1.165) is 11.1 Å². The number of carbonyl (C=O) groups excluding carboxylic acids is 1. The molecular weight excluding hydrogens is 314 g/mol. The third-order valence-corrected chi connectivity index (χ3v) is 4.05. The monoisotopic (exact) mass is 333 g/mol. The van der Waals surface area contributed by atoms with Gasteiger partial charge in [0.2, 0.25) is 0 Å². The Morgan fingerprint density at radius 2 is 1.74 bits per heavy atom. The van der Waals surface area contributed by atoms with Crippen LogP contribution in [0, 0.1) is 5.92 Å². The van der Waals surface area contributed by atoms with E-state index in [1.54, 1.807) is 24.3 Å². The van der Waals surface area contributed by atoms with Gasteiger partial charge in [0.1, 0.15) is 5.75 Å². The lowest BCUT2D eigenvalue weighted by molar-refractivity contribution is 0.0897. The predicted molar refractivity (Wildman–Crippen MR) is 91.7 cm³/mol. The van der Waals surface area contributed by atoms with Crippen molar-refractivity contribution in [1.82, 2.24) is 5.32 Å². The van der Waals surface area contributed by atoms with E-state index in [0.29, 0.717) is 5.56 Å². The molecule has 0 radical (unpaired) electrons. The number of benzene rings is 2. The maximum Gasteiger partial charge on any atom is 0.251 e. The van der Waals surface area contributed by atoms with Crippen molar-refractivity contribution < 1.29 is 15.0 Å². The molecule has 23 heavy (non-hydrogen) atoms. The van der Waals surface area contributed by atoms with Gasteiger partial charge < -0.3 is 15.5 Å². The number of phenolic OH excluding ortho intramolecular Hbond substituents is 1. The summed E-state index contributed by atoms with van der Waals surface area (Å²) in [6.45, 7) is 3.80. The van der Waals surface area contributed by atoms with Crippen LogP contribution in [0.2, 0.25) is 5.02 Å². The zero-order valence-electron chi connectivity index (χ0n) is 13.1. The molecule has 1 amide bonds. The molecule has 2 rings (SSSR count). The molecule has 0 unspecified atom stereocenters. The molecule has 0 bridgehead atoms. The fourth-order valence-electron chi connectivity index (χ4n) is 2.18. The quantitative estimate of drug-likeness (QED) is 0.784. The maximum absolute atomic E-state index is 12.2. The van der Waals surface area contributed by atoms with Crippen LogP contribution in [0.4, 0.5) is 0 Å². The minimum Gasteiger partial charge on any atom is -0.506 e. The zero-order chi connectivity index (χ0) is 17.0. The first-order valence-electron chi connectivity index (χ1n) is 7.43. The number of hydrogen-bond donors (Lipinski definition) is 3. The summed E-state index contributed by atoms with van der Waals surface area (Å²) in [5.74, 6) is -0.0226. The highest BCUT2D eigenvalue weighted by molar-refractivity contribution is 6.32. The van der Waals surface area contributed by atoms with Crippen LogP contribution in [0.15, 0.2) is 42.5 Å². The van der Waals surface area contributed by atoms with Crippen molar-refractivity contribution in [3.8, 4) is 16.9 Å². The molecule has 0 spiro atoms. The van der Waals surface area contributed by atoms with Gasteiger partial charge in [-0.1, -0.05) is 43.6 Å². The van der Waals surface area contributed by atoms with E-state index in [1.807, 2.05) is 26.0 Å². The molecule has 0 aliphatic heterocycles. The lowest BCUT2D eigenvalue weighted by Gasteiger charge is -2.19. The summed E-state index contributed by atoms with van der Waals surface area (Å²) in [5.41, 5.74) is 2.28. The van der Waals surface area contributed by atoms with Crippen molar-refractivity contribution in [2.24, 2.45) is 5.92 Å². The normalized spacial score (nSPS) is 12.2. The van der Waals surface area contributed by atoms with E-state index in [9.17, 15) is 15.0 Å². The zero-order valence-corrected chi connectivity index (χ0v) is 13.8. The van der Waals surface area contributed by atoms with Crippen molar-refractivity contribution in [2.75, 3.05) is 6.61 Å². The number of nitrogens with one attached hydrogen (secondary N) is 1. The van der Waals surface area contributed by atoms with Crippen molar-refractivity contribution in [3.63, 3.8) is 0 Å². The van der Waals surface area contributed by atoms with Crippen molar-refractivity contribution in [3.05, 3.63) is 53.1 Å². The topological polar surface area (TPSA) is 69.6 Å². The molecule has 0 aromatic heterocycles. The van der Waals surface area contributed by atoms with Crippen LogP contribution in [0.3, 0.4) is 0 Å². The largest absolute Gasteiger partial charge is 0.506 e. The minimum absolute atomic E-state index is 0.0372. The molecule has 0 fully saturated rings. The van der Waals surface area contributed by atoms with Gasteiger partial charge in [-0.3, -0.25) is 4.79 Å². The highest BCUT2D eigenvalue weighted by Gasteiger charge is 2.16. The first-order chi connectivity index (χ1) is 10.9. The van der Waals surface area contributed by atoms with Gasteiger partial charge in [-0.15, -0.1) is 0 Å². The van der Waals surface area contributed by atoms with Gasteiger partial charge in [0.25, 0.3) is 5.91 Å². The Bertz CT molecular complexity index is 683. The Balaban J connectivity index is 2.15. The first-order valence-corrected chi connectivity index (χ1v) is 7.81. The number of hydrogen-bond acceptors (Lipinski definition) is 3. The third kappa shape index (κ3) is 4.24.